The normalized spacial score (nSPS) is 31.1. The SMILES string of the molecule is CC(I)C1(N)CC(C)(C)CC(C)(C)C1. The number of halogens is 1. The highest BCUT2D eigenvalue weighted by molar-refractivity contribution is 14.1. The van der Waals surface area contributed by atoms with E-state index in [0.29, 0.717) is 14.8 Å². The topological polar surface area (TPSA) is 26.0 Å². The van der Waals surface area contributed by atoms with Crippen LogP contribution in [-0.2, 0) is 0 Å². The van der Waals surface area contributed by atoms with Gasteiger partial charge < -0.3 is 5.73 Å². The number of hydrogen-bond donors (Lipinski definition) is 1. The van der Waals surface area contributed by atoms with Crippen LogP contribution in [0.1, 0.15) is 53.9 Å². The molecule has 0 aromatic rings. The van der Waals surface area contributed by atoms with E-state index in [9.17, 15) is 0 Å². The average Bonchev–Trinajstić information content (AvgIpc) is 1.76. The van der Waals surface area contributed by atoms with Crippen molar-refractivity contribution in [2.24, 2.45) is 16.6 Å². The highest BCUT2D eigenvalue weighted by atomic mass is 127. The number of nitrogens with two attached hydrogens (primary N) is 1. The van der Waals surface area contributed by atoms with Gasteiger partial charge in [0.15, 0.2) is 0 Å². The van der Waals surface area contributed by atoms with E-state index in [4.69, 9.17) is 5.73 Å². The van der Waals surface area contributed by atoms with Gasteiger partial charge in [0.25, 0.3) is 0 Å². The van der Waals surface area contributed by atoms with Crippen LogP contribution in [-0.4, -0.2) is 9.46 Å². The zero-order chi connectivity index (χ0) is 11.2. The van der Waals surface area contributed by atoms with Crippen molar-refractivity contribution >= 4 is 22.6 Å². The molecule has 84 valence electrons. The molecule has 14 heavy (non-hydrogen) atoms. The Bertz CT molecular complexity index is 202. The van der Waals surface area contributed by atoms with Crippen molar-refractivity contribution in [1.82, 2.24) is 0 Å². The van der Waals surface area contributed by atoms with E-state index in [1.165, 1.54) is 6.42 Å². The van der Waals surface area contributed by atoms with Gasteiger partial charge in [-0.25, -0.2) is 0 Å². The summed E-state index contributed by atoms with van der Waals surface area (Å²) in [4.78, 5) is 0. The molecule has 0 aromatic heterocycles. The zero-order valence-corrected chi connectivity index (χ0v) is 12.3. The maximum atomic E-state index is 6.55. The highest BCUT2D eigenvalue weighted by Gasteiger charge is 2.47. The first-order chi connectivity index (χ1) is 6.06. The van der Waals surface area contributed by atoms with Crippen LogP contribution in [0.2, 0.25) is 0 Å². The van der Waals surface area contributed by atoms with Crippen LogP contribution in [0.5, 0.6) is 0 Å². The molecule has 1 nitrogen and oxygen atoms in total. The maximum absolute atomic E-state index is 6.55. The lowest BCUT2D eigenvalue weighted by Gasteiger charge is -2.51. The third kappa shape index (κ3) is 2.84. The van der Waals surface area contributed by atoms with Gasteiger partial charge in [0.2, 0.25) is 0 Å². The van der Waals surface area contributed by atoms with E-state index in [1.807, 2.05) is 0 Å². The molecule has 0 aromatic carbocycles. The van der Waals surface area contributed by atoms with Crippen LogP contribution in [0, 0.1) is 10.8 Å². The van der Waals surface area contributed by atoms with Gasteiger partial charge in [-0.05, 0) is 30.1 Å². The largest absolute Gasteiger partial charge is 0.324 e. The lowest BCUT2D eigenvalue weighted by molar-refractivity contribution is 0.0513. The molecule has 1 rings (SSSR count). The summed E-state index contributed by atoms with van der Waals surface area (Å²) in [5.41, 5.74) is 7.38. The van der Waals surface area contributed by atoms with Gasteiger partial charge in [-0.15, -0.1) is 0 Å². The number of hydrogen-bond acceptors (Lipinski definition) is 1. The lowest BCUT2D eigenvalue weighted by Crippen LogP contribution is -2.56. The van der Waals surface area contributed by atoms with E-state index in [2.05, 4.69) is 57.2 Å². The summed E-state index contributed by atoms with van der Waals surface area (Å²) in [5, 5.41) is 0. The Labute approximate surface area is 102 Å². The first kappa shape index (κ1) is 12.8. The molecule has 1 fully saturated rings. The molecule has 0 bridgehead atoms. The zero-order valence-electron chi connectivity index (χ0n) is 10.2. The molecular formula is C12H24IN. The van der Waals surface area contributed by atoms with Crippen LogP contribution in [0.15, 0.2) is 0 Å². The third-order valence-corrected chi connectivity index (χ3v) is 4.61. The van der Waals surface area contributed by atoms with Gasteiger partial charge >= 0.3 is 0 Å². The van der Waals surface area contributed by atoms with Gasteiger partial charge in [0.05, 0.1) is 0 Å². The molecule has 1 aliphatic carbocycles. The molecule has 0 radical (unpaired) electrons. The van der Waals surface area contributed by atoms with Crippen LogP contribution in [0.3, 0.4) is 0 Å². The molecule has 0 amide bonds. The maximum Gasteiger partial charge on any atom is 0.0281 e. The minimum atomic E-state index is 0.0335. The Morgan fingerprint density at radius 1 is 1.00 bits per heavy atom. The van der Waals surface area contributed by atoms with Gasteiger partial charge in [0.1, 0.15) is 0 Å². The molecule has 0 aliphatic heterocycles. The monoisotopic (exact) mass is 309 g/mol. The van der Waals surface area contributed by atoms with E-state index < -0.39 is 0 Å². The Kier molecular flexibility index (Phi) is 3.30. The van der Waals surface area contributed by atoms with Crippen LogP contribution in [0.25, 0.3) is 0 Å². The number of alkyl halides is 1. The summed E-state index contributed by atoms with van der Waals surface area (Å²) in [7, 11) is 0. The second-order valence-corrected chi connectivity index (χ2v) is 8.58. The van der Waals surface area contributed by atoms with E-state index in [-0.39, 0.29) is 5.54 Å². The van der Waals surface area contributed by atoms with Crippen molar-refractivity contribution in [2.75, 3.05) is 0 Å². The minimum absolute atomic E-state index is 0.0335. The van der Waals surface area contributed by atoms with Crippen LogP contribution >= 0.6 is 22.6 Å². The predicted octanol–water partition coefficient (Wildman–Crippen LogP) is 3.74. The molecule has 0 heterocycles. The number of rotatable bonds is 1. The van der Waals surface area contributed by atoms with Crippen molar-refractivity contribution in [2.45, 2.75) is 63.3 Å². The molecule has 1 unspecified atom stereocenters. The molecule has 2 heteroatoms. The molecule has 1 saturated carbocycles. The first-order valence-corrected chi connectivity index (χ1v) is 6.74. The smallest absolute Gasteiger partial charge is 0.0281 e. The van der Waals surface area contributed by atoms with Gasteiger partial charge in [0, 0.05) is 9.46 Å². The molecule has 0 spiro atoms. The Morgan fingerprint density at radius 2 is 1.36 bits per heavy atom. The van der Waals surface area contributed by atoms with Crippen molar-refractivity contribution in [3.63, 3.8) is 0 Å². The summed E-state index contributed by atoms with van der Waals surface area (Å²) in [6.07, 6.45) is 3.61. The van der Waals surface area contributed by atoms with E-state index in [1.54, 1.807) is 0 Å². The summed E-state index contributed by atoms with van der Waals surface area (Å²) in [6, 6.07) is 0. The Hall–Kier alpha value is 0.690. The van der Waals surface area contributed by atoms with E-state index >= 15 is 0 Å². The van der Waals surface area contributed by atoms with Crippen molar-refractivity contribution < 1.29 is 0 Å². The molecule has 0 saturated heterocycles. The summed E-state index contributed by atoms with van der Waals surface area (Å²) < 4.78 is 0.555. The third-order valence-electron chi connectivity index (χ3n) is 3.36. The van der Waals surface area contributed by atoms with Crippen LogP contribution in [0.4, 0.5) is 0 Å². The fraction of sp³-hybridized carbons (Fsp3) is 1.00. The van der Waals surface area contributed by atoms with Gasteiger partial charge in [-0.1, -0.05) is 57.2 Å². The molecule has 2 N–H and O–H groups in total. The lowest BCUT2D eigenvalue weighted by atomic mass is 9.58. The first-order valence-electron chi connectivity index (χ1n) is 5.49. The summed E-state index contributed by atoms with van der Waals surface area (Å²) >= 11 is 2.49. The second-order valence-electron chi connectivity index (χ2n) is 6.71. The van der Waals surface area contributed by atoms with Crippen LogP contribution < -0.4 is 5.73 Å². The fourth-order valence-electron chi connectivity index (χ4n) is 3.55. The van der Waals surface area contributed by atoms with E-state index in [0.717, 1.165) is 12.8 Å². The standard InChI is InChI=1S/C12H24IN/c1-9(13)12(14)7-10(2,3)6-11(4,5)8-12/h9H,6-8,14H2,1-5H3. The van der Waals surface area contributed by atoms with Gasteiger partial charge in [-0.2, -0.15) is 0 Å². The van der Waals surface area contributed by atoms with Crippen molar-refractivity contribution in [3.05, 3.63) is 0 Å². The molecular weight excluding hydrogens is 285 g/mol. The minimum Gasteiger partial charge on any atom is -0.324 e. The van der Waals surface area contributed by atoms with Crippen molar-refractivity contribution in [1.29, 1.82) is 0 Å². The quantitative estimate of drug-likeness (QED) is 0.579. The molecule has 1 aliphatic rings. The highest BCUT2D eigenvalue weighted by Crippen LogP contribution is 2.51. The van der Waals surface area contributed by atoms with Crippen molar-refractivity contribution in [3.8, 4) is 0 Å². The average molecular weight is 309 g/mol. The Morgan fingerprint density at radius 3 is 1.64 bits per heavy atom. The summed E-state index contributed by atoms with van der Waals surface area (Å²) in [5.74, 6) is 0. The molecule has 1 atom stereocenters. The summed E-state index contributed by atoms with van der Waals surface area (Å²) in [6.45, 7) is 11.7. The van der Waals surface area contributed by atoms with Gasteiger partial charge in [-0.3, -0.25) is 0 Å². The fourth-order valence-corrected chi connectivity index (χ4v) is 3.99. The second kappa shape index (κ2) is 3.62. The Balaban J connectivity index is 2.92. The predicted molar refractivity (Wildman–Crippen MR) is 71.8 cm³/mol.